The predicted octanol–water partition coefficient (Wildman–Crippen LogP) is 2.51. The fraction of sp³-hybridized carbons (Fsp3) is 0.882. The number of nitrogens with zero attached hydrogens (tertiary/aromatic N) is 1. The van der Waals surface area contributed by atoms with E-state index in [4.69, 9.17) is 4.74 Å². The molecule has 4 heteroatoms. The van der Waals surface area contributed by atoms with E-state index in [1.165, 1.54) is 19.3 Å². The number of likely N-dealkylation sites (tertiary alicyclic amines) is 1. The van der Waals surface area contributed by atoms with E-state index in [-0.39, 0.29) is 23.5 Å². The van der Waals surface area contributed by atoms with Gasteiger partial charge in [0.1, 0.15) is 6.04 Å². The van der Waals surface area contributed by atoms with Gasteiger partial charge in [-0.3, -0.25) is 4.79 Å². The van der Waals surface area contributed by atoms with Crippen molar-refractivity contribution in [2.45, 2.75) is 69.9 Å². The van der Waals surface area contributed by atoms with Crippen molar-refractivity contribution in [3.8, 4) is 0 Å². The summed E-state index contributed by atoms with van der Waals surface area (Å²) in [4.78, 5) is 26.8. The van der Waals surface area contributed by atoms with Crippen LogP contribution >= 0.6 is 0 Å². The van der Waals surface area contributed by atoms with Crippen LogP contribution in [-0.2, 0) is 14.3 Å². The fourth-order valence-corrected chi connectivity index (χ4v) is 6.10. The third-order valence-corrected chi connectivity index (χ3v) is 6.29. The quantitative estimate of drug-likeness (QED) is 0.751. The van der Waals surface area contributed by atoms with Gasteiger partial charge in [-0.05, 0) is 69.6 Å². The van der Waals surface area contributed by atoms with E-state index in [0.29, 0.717) is 19.4 Å². The van der Waals surface area contributed by atoms with Crippen molar-refractivity contribution in [1.82, 2.24) is 4.90 Å². The maximum absolute atomic E-state index is 12.5. The summed E-state index contributed by atoms with van der Waals surface area (Å²) in [6.07, 6.45) is 8.61. The van der Waals surface area contributed by atoms with Crippen molar-refractivity contribution in [2.24, 2.45) is 17.8 Å². The maximum atomic E-state index is 12.5. The molecule has 0 spiro atoms. The second-order valence-corrected chi connectivity index (χ2v) is 7.71. The van der Waals surface area contributed by atoms with E-state index in [9.17, 15) is 9.59 Å². The first-order valence-corrected chi connectivity index (χ1v) is 8.60. The lowest BCUT2D eigenvalue weighted by atomic mass is 9.52. The minimum Gasteiger partial charge on any atom is -0.464 e. The normalized spacial score (nSPS) is 44.4. The number of rotatable bonds is 3. The summed E-state index contributed by atoms with van der Waals surface area (Å²) in [6.45, 7) is 2.24. The van der Waals surface area contributed by atoms with Crippen molar-refractivity contribution in [2.75, 3.05) is 6.61 Å². The van der Waals surface area contributed by atoms with Gasteiger partial charge in [-0.25, -0.2) is 4.79 Å². The Morgan fingerprint density at radius 2 is 1.76 bits per heavy atom. The Morgan fingerprint density at radius 3 is 2.29 bits per heavy atom. The monoisotopic (exact) mass is 291 g/mol. The molecule has 1 heterocycles. The zero-order valence-corrected chi connectivity index (χ0v) is 12.8. The first-order valence-electron chi connectivity index (χ1n) is 8.60. The molecule has 0 aromatic carbocycles. The first-order chi connectivity index (χ1) is 10.1. The van der Waals surface area contributed by atoms with Crippen molar-refractivity contribution < 1.29 is 14.3 Å². The summed E-state index contributed by atoms with van der Waals surface area (Å²) in [5.74, 6) is 2.36. The molecule has 116 valence electrons. The van der Waals surface area contributed by atoms with E-state index in [1.807, 2.05) is 11.8 Å². The summed E-state index contributed by atoms with van der Waals surface area (Å²) < 4.78 is 5.23. The topological polar surface area (TPSA) is 46.6 Å². The van der Waals surface area contributed by atoms with Crippen LogP contribution in [0.2, 0.25) is 0 Å². The Kier molecular flexibility index (Phi) is 3.05. The molecule has 1 saturated heterocycles. The average Bonchev–Trinajstić information content (AvgIpc) is 2.80. The van der Waals surface area contributed by atoms with Gasteiger partial charge in [0.15, 0.2) is 0 Å². The zero-order chi connectivity index (χ0) is 14.6. The average molecular weight is 291 g/mol. The minimum absolute atomic E-state index is 0.0141. The molecule has 1 aliphatic heterocycles. The Hall–Kier alpha value is -1.06. The Labute approximate surface area is 126 Å². The molecule has 1 atom stereocenters. The van der Waals surface area contributed by atoms with Crippen LogP contribution in [0.5, 0.6) is 0 Å². The van der Waals surface area contributed by atoms with E-state index < -0.39 is 0 Å². The van der Waals surface area contributed by atoms with Gasteiger partial charge in [0.2, 0.25) is 5.91 Å². The number of esters is 1. The summed E-state index contributed by atoms with van der Waals surface area (Å²) >= 11 is 0. The number of hydrogen-bond acceptors (Lipinski definition) is 3. The molecule has 0 radical (unpaired) electrons. The standard InChI is InChI=1S/C17H25NO3/c1-2-21-16(20)14-3-4-15(19)18(14)17-8-11-5-12(9-17)7-13(6-11)10-17/h11-14H,2-10H2,1H3. The van der Waals surface area contributed by atoms with Crippen molar-refractivity contribution in [3.63, 3.8) is 0 Å². The van der Waals surface area contributed by atoms with E-state index >= 15 is 0 Å². The highest BCUT2D eigenvalue weighted by Gasteiger charge is 2.58. The van der Waals surface area contributed by atoms with Crippen LogP contribution in [0.1, 0.15) is 58.3 Å². The van der Waals surface area contributed by atoms with Gasteiger partial charge in [0, 0.05) is 12.0 Å². The molecule has 0 aromatic heterocycles. The lowest BCUT2D eigenvalue weighted by molar-refractivity contribution is -0.165. The van der Waals surface area contributed by atoms with Gasteiger partial charge in [-0.1, -0.05) is 0 Å². The molecule has 5 fully saturated rings. The molecule has 5 rings (SSSR count). The number of hydrogen-bond donors (Lipinski definition) is 0. The van der Waals surface area contributed by atoms with Crippen LogP contribution in [0.3, 0.4) is 0 Å². The Balaban J connectivity index is 1.64. The van der Waals surface area contributed by atoms with Crippen LogP contribution in [0, 0.1) is 17.8 Å². The maximum Gasteiger partial charge on any atom is 0.328 e. The van der Waals surface area contributed by atoms with Gasteiger partial charge in [-0.2, -0.15) is 0 Å². The highest BCUT2D eigenvalue weighted by atomic mass is 16.5. The largest absolute Gasteiger partial charge is 0.464 e. The number of carbonyl (C=O) groups excluding carboxylic acids is 2. The SMILES string of the molecule is CCOC(=O)C1CCC(=O)N1C12CC3CC(CC(C3)C1)C2. The van der Waals surface area contributed by atoms with Crippen molar-refractivity contribution in [3.05, 3.63) is 0 Å². The lowest BCUT2D eigenvalue weighted by Gasteiger charge is -2.60. The van der Waals surface area contributed by atoms with Gasteiger partial charge < -0.3 is 9.64 Å². The van der Waals surface area contributed by atoms with Crippen molar-refractivity contribution >= 4 is 11.9 Å². The molecule has 0 N–H and O–H groups in total. The Morgan fingerprint density at radius 1 is 1.19 bits per heavy atom. The van der Waals surface area contributed by atoms with Crippen molar-refractivity contribution in [1.29, 1.82) is 0 Å². The molecule has 1 amide bonds. The van der Waals surface area contributed by atoms with E-state index in [0.717, 1.165) is 37.0 Å². The Bertz CT molecular complexity index is 437. The molecule has 21 heavy (non-hydrogen) atoms. The van der Waals surface area contributed by atoms with E-state index in [2.05, 4.69) is 0 Å². The minimum atomic E-state index is -0.311. The van der Waals surface area contributed by atoms with E-state index in [1.54, 1.807) is 0 Å². The molecule has 4 bridgehead atoms. The molecular weight excluding hydrogens is 266 g/mol. The van der Waals surface area contributed by atoms with Gasteiger partial charge in [-0.15, -0.1) is 0 Å². The number of ether oxygens (including phenoxy) is 1. The molecule has 5 aliphatic rings. The van der Waals surface area contributed by atoms with Gasteiger partial charge in [0.25, 0.3) is 0 Å². The highest BCUT2D eigenvalue weighted by molar-refractivity contribution is 5.89. The molecule has 1 unspecified atom stereocenters. The summed E-state index contributed by atoms with van der Waals surface area (Å²) in [6, 6.07) is -0.311. The second-order valence-electron chi connectivity index (χ2n) is 7.71. The summed E-state index contributed by atoms with van der Waals surface area (Å²) in [7, 11) is 0. The fourth-order valence-electron chi connectivity index (χ4n) is 6.10. The lowest BCUT2D eigenvalue weighted by Crippen LogP contribution is -2.63. The van der Waals surface area contributed by atoms with Crippen LogP contribution in [0.15, 0.2) is 0 Å². The third kappa shape index (κ3) is 2.01. The van der Waals surface area contributed by atoms with Gasteiger partial charge >= 0.3 is 5.97 Å². The highest BCUT2D eigenvalue weighted by Crippen LogP contribution is 2.59. The molecule has 4 nitrogen and oxygen atoms in total. The second kappa shape index (κ2) is 4.72. The zero-order valence-electron chi connectivity index (χ0n) is 12.8. The molecular formula is C17H25NO3. The van der Waals surface area contributed by atoms with Gasteiger partial charge in [0.05, 0.1) is 6.61 Å². The number of carbonyl (C=O) groups is 2. The van der Waals surface area contributed by atoms with Crippen LogP contribution in [-0.4, -0.2) is 35.0 Å². The molecule has 0 aromatic rings. The van der Waals surface area contributed by atoms with Crippen LogP contribution in [0.25, 0.3) is 0 Å². The number of amides is 1. The first kappa shape index (κ1) is 13.6. The summed E-state index contributed by atoms with van der Waals surface area (Å²) in [5, 5.41) is 0. The molecule has 4 saturated carbocycles. The van der Waals surface area contributed by atoms with Crippen LogP contribution in [0.4, 0.5) is 0 Å². The molecule has 4 aliphatic carbocycles. The van der Waals surface area contributed by atoms with Crippen LogP contribution < -0.4 is 0 Å². The third-order valence-electron chi connectivity index (χ3n) is 6.29. The predicted molar refractivity (Wildman–Crippen MR) is 77.4 cm³/mol. The summed E-state index contributed by atoms with van der Waals surface area (Å²) in [5.41, 5.74) is -0.0141. The smallest absolute Gasteiger partial charge is 0.328 e.